The number of carbonyl (C=O) groups excluding carboxylic acids is 1. The molecule has 0 aromatic heterocycles. The second kappa shape index (κ2) is 7.05. The van der Waals surface area contributed by atoms with Crippen molar-refractivity contribution in [2.24, 2.45) is 11.7 Å². The fraction of sp³-hybridized carbons (Fsp3) is 0.611. The molecule has 0 radical (unpaired) electrons. The van der Waals surface area contributed by atoms with Gasteiger partial charge in [0, 0.05) is 39.1 Å². The van der Waals surface area contributed by atoms with E-state index in [1.54, 1.807) is 23.4 Å². The SMILES string of the molecule is CC(=O)N1CCc2ccc(S(=O)(=O)N3CCC(C(C)N)C3)cc2CC1. The van der Waals surface area contributed by atoms with Crippen LogP contribution >= 0.6 is 0 Å². The first-order chi connectivity index (χ1) is 11.8. The summed E-state index contributed by atoms with van der Waals surface area (Å²) in [6, 6.07) is 5.42. The molecule has 3 rings (SSSR count). The van der Waals surface area contributed by atoms with E-state index in [4.69, 9.17) is 5.73 Å². The van der Waals surface area contributed by atoms with E-state index in [0.29, 0.717) is 37.5 Å². The number of amides is 1. The van der Waals surface area contributed by atoms with Crippen molar-refractivity contribution in [3.63, 3.8) is 0 Å². The van der Waals surface area contributed by atoms with E-state index in [9.17, 15) is 13.2 Å². The third-order valence-electron chi connectivity index (χ3n) is 5.49. The summed E-state index contributed by atoms with van der Waals surface area (Å²) in [5.41, 5.74) is 8.11. The molecule has 1 aromatic carbocycles. The first-order valence-electron chi connectivity index (χ1n) is 8.92. The van der Waals surface area contributed by atoms with Crippen LogP contribution in [0.3, 0.4) is 0 Å². The predicted octanol–water partition coefficient (Wildman–Crippen LogP) is 0.992. The van der Waals surface area contributed by atoms with Gasteiger partial charge < -0.3 is 10.6 Å². The van der Waals surface area contributed by atoms with Crippen molar-refractivity contribution in [3.8, 4) is 0 Å². The highest BCUT2D eigenvalue weighted by atomic mass is 32.2. The lowest BCUT2D eigenvalue weighted by molar-refractivity contribution is -0.128. The van der Waals surface area contributed by atoms with Crippen molar-refractivity contribution < 1.29 is 13.2 Å². The summed E-state index contributed by atoms with van der Waals surface area (Å²) in [6.45, 7) is 5.87. The van der Waals surface area contributed by atoms with Gasteiger partial charge in [0.05, 0.1) is 4.90 Å². The maximum atomic E-state index is 13.0. The average Bonchev–Trinajstić information content (AvgIpc) is 2.97. The highest BCUT2D eigenvalue weighted by Crippen LogP contribution is 2.28. The van der Waals surface area contributed by atoms with Gasteiger partial charge in [-0.2, -0.15) is 4.31 Å². The Bertz CT molecular complexity index is 761. The van der Waals surface area contributed by atoms with Crippen LogP contribution in [-0.2, 0) is 27.7 Å². The normalized spacial score (nSPS) is 23.2. The minimum atomic E-state index is -3.48. The van der Waals surface area contributed by atoms with Crippen LogP contribution in [0.15, 0.2) is 23.1 Å². The lowest BCUT2D eigenvalue weighted by Gasteiger charge is -2.19. The van der Waals surface area contributed by atoms with E-state index >= 15 is 0 Å². The Balaban J connectivity index is 1.82. The molecule has 1 amide bonds. The van der Waals surface area contributed by atoms with E-state index in [1.807, 2.05) is 17.9 Å². The summed E-state index contributed by atoms with van der Waals surface area (Å²) in [7, 11) is -3.48. The third kappa shape index (κ3) is 3.73. The van der Waals surface area contributed by atoms with Crippen LogP contribution in [0, 0.1) is 5.92 Å². The zero-order valence-electron chi connectivity index (χ0n) is 14.9. The third-order valence-corrected chi connectivity index (χ3v) is 7.36. The Kier molecular flexibility index (Phi) is 5.18. The van der Waals surface area contributed by atoms with Gasteiger partial charge in [0.15, 0.2) is 0 Å². The second-order valence-electron chi connectivity index (χ2n) is 7.21. The van der Waals surface area contributed by atoms with E-state index in [0.717, 1.165) is 24.0 Å². The molecule has 1 aromatic rings. The summed E-state index contributed by atoms with van der Waals surface area (Å²) in [5, 5.41) is 0. The highest BCUT2D eigenvalue weighted by molar-refractivity contribution is 7.89. The van der Waals surface area contributed by atoms with E-state index < -0.39 is 10.0 Å². The number of hydrogen-bond acceptors (Lipinski definition) is 4. The summed E-state index contributed by atoms with van der Waals surface area (Å²) in [5.74, 6) is 0.291. The molecule has 2 unspecified atom stereocenters. The number of sulfonamides is 1. The van der Waals surface area contributed by atoms with Gasteiger partial charge in [-0.25, -0.2) is 8.42 Å². The molecular weight excluding hydrogens is 338 g/mol. The molecule has 0 saturated carbocycles. The number of benzene rings is 1. The topological polar surface area (TPSA) is 83.7 Å². The fourth-order valence-corrected chi connectivity index (χ4v) is 5.29. The van der Waals surface area contributed by atoms with Gasteiger partial charge in [0.25, 0.3) is 0 Å². The number of rotatable bonds is 3. The van der Waals surface area contributed by atoms with E-state index in [1.165, 1.54) is 0 Å². The standard InChI is InChI=1S/C18H27N3O3S/c1-13(19)17-7-10-21(12-17)25(23,24)18-4-3-15-5-8-20(14(2)22)9-6-16(15)11-18/h3-4,11,13,17H,5-10,12,19H2,1-2H3. The smallest absolute Gasteiger partial charge is 0.243 e. The highest BCUT2D eigenvalue weighted by Gasteiger charge is 2.34. The fourth-order valence-electron chi connectivity index (χ4n) is 3.73. The molecule has 2 atom stereocenters. The lowest BCUT2D eigenvalue weighted by Crippen LogP contribution is -2.33. The van der Waals surface area contributed by atoms with Gasteiger partial charge in [-0.05, 0) is 55.4 Å². The van der Waals surface area contributed by atoms with Crippen molar-refractivity contribution in [1.29, 1.82) is 0 Å². The van der Waals surface area contributed by atoms with Gasteiger partial charge in [-0.15, -0.1) is 0 Å². The first-order valence-corrected chi connectivity index (χ1v) is 10.4. The van der Waals surface area contributed by atoms with Crippen molar-refractivity contribution in [1.82, 2.24) is 9.21 Å². The molecule has 6 nitrogen and oxygen atoms in total. The van der Waals surface area contributed by atoms with Crippen LogP contribution in [0.5, 0.6) is 0 Å². The quantitative estimate of drug-likeness (QED) is 0.866. The van der Waals surface area contributed by atoms with Crippen LogP contribution in [-0.4, -0.2) is 55.8 Å². The van der Waals surface area contributed by atoms with Gasteiger partial charge >= 0.3 is 0 Å². The molecule has 2 aliphatic rings. The Morgan fingerprint density at radius 2 is 1.88 bits per heavy atom. The predicted molar refractivity (Wildman–Crippen MR) is 96.6 cm³/mol. The van der Waals surface area contributed by atoms with E-state index in [2.05, 4.69) is 0 Å². The number of fused-ring (bicyclic) bond motifs is 1. The number of hydrogen-bond donors (Lipinski definition) is 1. The molecule has 0 spiro atoms. The minimum Gasteiger partial charge on any atom is -0.342 e. The Morgan fingerprint density at radius 3 is 2.48 bits per heavy atom. The van der Waals surface area contributed by atoms with Gasteiger partial charge in [-0.1, -0.05) is 6.07 Å². The van der Waals surface area contributed by atoms with Gasteiger partial charge in [0.2, 0.25) is 15.9 Å². The maximum absolute atomic E-state index is 13.0. The Morgan fingerprint density at radius 1 is 1.20 bits per heavy atom. The summed E-state index contributed by atoms with van der Waals surface area (Å²) >= 11 is 0. The second-order valence-corrected chi connectivity index (χ2v) is 9.15. The largest absolute Gasteiger partial charge is 0.342 e. The summed E-state index contributed by atoms with van der Waals surface area (Å²) in [6.07, 6.45) is 2.28. The zero-order chi connectivity index (χ0) is 18.2. The van der Waals surface area contributed by atoms with Gasteiger partial charge in [-0.3, -0.25) is 4.79 Å². The minimum absolute atomic E-state index is 0.00445. The molecule has 2 heterocycles. The molecule has 25 heavy (non-hydrogen) atoms. The van der Waals surface area contributed by atoms with Crippen LogP contribution in [0.4, 0.5) is 0 Å². The van der Waals surface area contributed by atoms with Crippen LogP contribution in [0.1, 0.15) is 31.4 Å². The summed E-state index contributed by atoms with van der Waals surface area (Å²) in [4.78, 5) is 13.8. The van der Waals surface area contributed by atoms with Crippen molar-refractivity contribution in [2.45, 2.75) is 44.0 Å². The molecule has 0 aliphatic carbocycles. The van der Waals surface area contributed by atoms with Crippen molar-refractivity contribution in [3.05, 3.63) is 29.3 Å². The van der Waals surface area contributed by atoms with Crippen LogP contribution < -0.4 is 5.73 Å². The van der Waals surface area contributed by atoms with Crippen molar-refractivity contribution >= 4 is 15.9 Å². The van der Waals surface area contributed by atoms with Crippen LogP contribution in [0.2, 0.25) is 0 Å². The monoisotopic (exact) mass is 365 g/mol. The number of nitrogens with two attached hydrogens (primary N) is 1. The molecule has 7 heteroatoms. The molecule has 2 aliphatic heterocycles. The van der Waals surface area contributed by atoms with Gasteiger partial charge in [0.1, 0.15) is 0 Å². The Labute approximate surface area is 150 Å². The number of carbonyl (C=O) groups is 1. The molecule has 2 N–H and O–H groups in total. The number of nitrogens with zero attached hydrogens (tertiary/aromatic N) is 2. The molecule has 1 saturated heterocycles. The van der Waals surface area contributed by atoms with Crippen molar-refractivity contribution in [2.75, 3.05) is 26.2 Å². The average molecular weight is 365 g/mol. The molecule has 138 valence electrons. The first kappa shape index (κ1) is 18.4. The lowest BCUT2D eigenvalue weighted by atomic mass is 10.0. The molecule has 1 fully saturated rings. The summed E-state index contributed by atoms with van der Waals surface area (Å²) < 4.78 is 27.5. The van der Waals surface area contributed by atoms with Crippen LogP contribution in [0.25, 0.3) is 0 Å². The van der Waals surface area contributed by atoms with E-state index in [-0.39, 0.29) is 17.9 Å². The maximum Gasteiger partial charge on any atom is 0.243 e. The Hall–Kier alpha value is -1.44. The molecule has 0 bridgehead atoms. The molecular formula is C18H27N3O3S. The zero-order valence-corrected chi connectivity index (χ0v) is 15.8.